The van der Waals surface area contributed by atoms with Crippen LogP contribution in [0.1, 0.15) is 21.5 Å². The molecule has 0 saturated carbocycles. The first-order valence-electron chi connectivity index (χ1n) is 20.2. The molecule has 0 amide bonds. The van der Waals surface area contributed by atoms with Crippen molar-refractivity contribution in [2.45, 2.75) is 17.7 Å². The Labute approximate surface area is 381 Å². The fourth-order valence-electron chi connectivity index (χ4n) is 6.57. The Morgan fingerprint density at radius 3 is 1.80 bits per heavy atom. The van der Waals surface area contributed by atoms with E-state index >= 15 is 0 Å². The molecule has 18 heteroatoms. The predicted octanol–water partition coefficient (Wildman–Crippen LogP) is 7.78. The maximum atomic E-state index is 13.1. The third-order valence-electron chi connectivity index (χ3n) is 9.61. The van der Waals surface area contributed by atoms with Gasteiger partial charge in [0.1, 0.15) is 49.4 Å². The van der Waals surface area contributed by atoms with Crippen molar-refractivity contribution in [3.05, 3.63) is 175 Å². The van der Waals surface area contributed by atoms with Crippen LogP contribution in [-0.2, 0) is 48.5 Å². The average Bonchev–Trinajstić information content (AvgIpc) is 3.31. The van der Waals surface area contributed by atoms with E-state index in [1.807, 2.05) is 12.1 Å². The Balaban J connectivity index is 0.851. The number of carboxylic acid groups (broad SMARTS) is 1. The van der Waals surface area contributed by atoms with E-state index in [1.165, 1.54) is 40.7 Å². The van der Waals surface area contributed by atoms with Crippen LogP contribution in [0.3, 0.4) is 0 Å². The van der Waals surface area contributed by atoms with Gasteiger partial charge in [0.2, 0.25) is 0 Å². The van der Waals surface area contributed by atoms with Crippen LogP contribution >= 0.6 is 0 Å². The molecule has 3 N–H and O–H groups in total. The van der Waals surface area contributed by atoms with Crippen molar-refractivity contribution in [2.75, 3.05) is 35.5 Å². The molecule has 0 bridgehead atoms. The molecule has 1 atom stereocenters. The molecule has 0 saturated heterocycles. The quantitative estimate of drug-likeness (QED) is 0.0272. The number of nitrogens with one attached hydrogen (secondary N) is 1. The van der Waals surface area contributed by atoms with E-state index in [-0.39, 0.29) is 55.4 Å². The topological polar surface area (TPSA) is 217 Å². The minimum absolute atomic E-state index is 0.0456. The van der Waals surface area contributed by atoms with Crippen molar-refractivity contribution >= 4 is 67.2 Å². The van der Waals surface area contributed by atoms with Crippen LogP contribution in [0.15, 0.2) is 163 Å². The molecule has 6 aromatic carbocycles. The van der Waals surface area contributed by atoms with Crippen LogP contribution in [0.25, 0.3) is 10.9 Å². The Morgan fingerprint density at radius 1 is 0.636 bits per heavy atom. The largest absolute Gasteiger partial charge is 0.490 e. The van der Waals surface area contributed by atoms with Crippen LogP contribution < -0.4 is 28.0 Å². The standard InChI is InChI=1S/C48H41N3O13S2/c52-45(53)31-35-7-1-3-12-43(35)62-29-27-60-39-20-16-37(17-21-39)50-66(58,59)41-24-14-34(15-25-41)48(55)64-46(54)32-36-8-2-4-13-44(36)63-30-28-61-40-22-18-38(19-23-40)51(65(56)57)42-11-5-9-33-10-6-26-49-47(33)42/h1-26,50H,27-32H2,(H,52,53)(H,56,57). The van der Waals surface area contributed by atoms with Crippen LogP contribution in [0.2, 0.25) is 0 Å². The van der Waals surface area contributed by atoms with Gasteiger partial charge in [-0.1, -0.05) is 54.6 Å². The van der Waals surface area contributed by atoms with Crippen molar-refractivity contribution < 1.29 is 60.4 Å². The van der Waals surface area contributed by atoms with Crippen molar-refractivity contribution in [2.24, 2.45) is 0 Å². The van der Waals surface area contributed by atoms with Gasteiger partial charge >= 0.3 is 17.9 Å². The van der Waals surface area contributed by atoms with Crippen molar-refractivity contribution in [1.29, 1.82) is 0 Å². The number of para-hydroxylation sites is 3. The maximum Gasteiger partial charge on any atom is 0.345 e. The summed E-state index contributed by atoms with van der Waals surface area (Å²) in [5.41, 5.74) is 2.69. The molecule has 0 radical (unpaired) electrons. The molecule has 0 aliphatic heterocycles. The zero-order chi connectivity index (χ0) is 46.5. The average molecular weight is 932 g/mol. The highest BCUT2D eigenvalue weighted by molar-refractivity contribution is 7.92. The highest BCUT2D eigenvalue weighted by Gasteiger charge is 2.21. The number of pyridine rings is 1. The van der Waals surface area contributed by atoms with Gasteiger partial charge in [-0.05, 0) is 97.1 Å². The van der Waals surface area contributed by atoms with E-state index in [0.717, 1.165) is 5.39 Å². The summed E-state index contributed by atoms with van der Waals surface area (Å²) in [6.07, 6.45) is 1.15. The van der Waals surface area contributed by atoms with Gasteiger partial charge in [-0.25, -0.2) is 21.7 Å². The molecule has 16 nitrogen and oxygen atoms in total. The summed E-state index contributed by atoms with van der Waals surface area (Å²) in [6, 6.07) is 40.3. The highest BCUT2D eigenvalue weighted by Crippen LogP contribution is 2.33. The number of benzene rings is 6. The molecule has 1 heterocycles. The number of carbonyl (C=O) groups is 3. The Bertz CT molecular complexity index is 2950. The molecule has 338 valence electrons. The van der Waals surface area contributed by atoms with E-state index in [0.29, 0.717) is 51.0 Å². The zero-order valence-electron chi connectivity index (χ0n) is 34.8. The summed E-state index contributed by atoms with van der Waals surface area (Å²) >= 11 is -2.39. The molecule has 0 spiro atoms. The smallest absolute Gasteiger partial charge is 0.345 e. The number of ether oxygens (including phenoxy) is 5. The first-order valence-corrected chi connectivity index (χ1v) is 22.7. The molecular weight excluding hydrogens is 891 g/mol. The molecule has 1 unspecified atom stereocenters. The molecule has 7 aromatic rings. The normalized spacial score (nSPS) is 11.5. The van der Waals surface area contributed by atoms with Crippen LogP contribution in [-0.4, -0.2) is 71.6 Å². The number of aromatic nitrogens is 1. The molecular formula is C48H41N3O13S2. The molecule has 0 fully saturated rings. The van der Waals surface area contributed by atoms with Crippen molar-refractivity contribution in [3.8, 4) is 23.0 Å². The number of aliphatic carboxylic acids is 1. The van der Waals surface area contributed by atoms with Crippen molar-refractivity contribution in [3.63, 3.8) is 0 Å². The number of anilines is 3. The lowest BCUT2D eigenvalue weighted by Gasteiger charge is -2.21. The fourth-order valence-corrected chi connectivity index (χ4v) is 8.24. The van der Waals surface area contributed by atoms with Gasteiger partial charge in [0, 0.05) is 28.4 Å². The first-order chi connectivity index (χ1) is 31.9. The summed E-state index contributed by atoms with van der Waals surface area (Å²) in [7, 11) is -4.07. The number of sulfonamides is 1. The van der Waals surface area contributed by atoms with Gasteiger partial charge in [-0.2, -0.15) is 0 Å². The molecule has 0 aliphatic carbocycles. The fraction of sp³-hybridized carbons (Fsp3) is 0.125. The number of hydrogen-bond acceptors (Lipinski definition) is 12. The molecule has 7 rings (SSSR count). The molecule has 66 heavy (non-hydrogen) atoms. The van der Waals surface area contributed by atoms with Crippen LogP contribution in [0, 0.1) is 0 Å². The highest BCUT2D eigenvalue weighted by atomic mass is 32.2. The molecule has 1 aromatic heterocycles. The first kappa shape index (κ1) is 46.2. The van der Waals surface area contributed by atoms with Crippen LogP contribution in [0.5, 0.6) is 23.0 Å². The number of carbonyl (C=O) groups excluding carboxylic acids is 2. The third-order valence-corrected chi connectivity index (χ3v) is 11.7. The monoisotopic (exact) mass is 931 g/mol. The lowest BCUT2D eigenvalue weighted by atomic mass is 10.1. The minimum Gasteiger partial charge on any atom is -0.490 e. The summed E-state index contributed by atoms with van der Waals surface area (Å²) in [5, 5.41) is 9.91. The minimum atomic E-state index is -4.07. The number of carboxylic acids is 1. The van der Waals surface area contributed by atoms with Gasteiger partial charge in [0.25, 0.3) is 21.3 Å². The van der Waals surface area contributed by atoms with Gasteiger partial charge in [0.05, 0.1) is 40.2 Å². The van der Waals surface area contributed by atoms with Gasteiger partial charge in [-0.15, -0.1) is 0 Å². The Hall–Kier alpha value is -7.80. The second-order valence-electron chi connectivity index (χ2n) is 14.1. The number of esters is 2. The summed E-state index contributed by atoms with van der Waals surface area (Å²) < 4.78 is 80.7. The van der Waals surface area contributed by atoms with E-state index in [2.05, 4.69) is 9.71 Å². The number of hydrogen-bond donors (Lipinski definition) is 3. The van der Waals surface area contributed by atoms with Gasteiger partial charge in [0.15, 0.2) is 0 Å². The lowest BCUT2D eigenvalue weighted by Crippen LogP contribution is -2.19. The third kappa shape index (κ3) is 12.3. The number of rotatable bonds is 21. The summed E-state index contributed by atoms with van der Waals surface area (Å²) in [6.45, 7) is 0.513. The van der Waals surface area contributed by atoms with Crippen molar-refractivity contribution in [1.82, 2.24) is 4.98 Å². The Kier molecular flexibility index (Phi) is 15.2. The van der Waals surface area contributed by atoms with E-state index in [4.69, 9.17) is 28.8 Å². The Morgan fingerprint density at radius 2 is 1.20 bits per heavy atom. The summed E-state index contributed by atoms with van der Waals surface area (Å²) in [5.74, 6) is -1.05. The SMILES string of the molecule is O=C(O)Cc1ccccc1OCCOc1ccc(NS(=O)(=O)c2ccc(C(=O)OC(=O)Cc3ccccc3OCCOc3ccc(N(c4cccc5cccnc45)S(=O)O)cc3)cc2)cc1. The predicted molar refractivity (Wildman–Crippen MR) is 245 cm³/mol. The number of fused-ring (bicyclic) bond motifs is 1. The summed E-state index contributed by atoms with van der Waals surface area (Å²) in [4.78, 5) is 41.1. The second-order valence-corrected chi connectivity index (χ2v) is 16.7. The second kappa shape index (κ2) is 21.7. The van der Waals surface area contributed by atoms with E-state index in [9.17, 15) is 31.6 Å². The van der Waals surface area contributed by atoms with E-state index in [1.54, 1.807) is 109 Å². The maximum absolute atomic E-state index is 13.1. The number of nitrogens with zero attached hydrogens (tertiary/aromatic N) is 2. The van der Waals surface area contributed by atoms with Crippen LogP contribution in [0.4, 0.5) is 17.1 Å². The zero-order valence-corrected chi connectivity index (χ0v) is 36.5. The lowest BCUT2D eigenvalue weighted by molar-refractivity contribution is -0.137. The van der Waals surface area contributed by atoms with Gasteiger partial charge < -0.3 is 28.8 Å². The van der Waals surface area contributed by atoms with Gasteiger partial charge in [-0.3, -0.25) is 23.8 Å². The van der Waals surface area contributed by atoms with E-state index < -0.39 is 39.2 Å². The molecule has 0 aliphatic rings.